The number of carbonyl (C=O) groups is 1. The molecule has 0 saturated carbocycles. The minimum atomic E-state index is -0.560. The van der Waals surface area contributed by atoms with Gasteiger partial charge in [0.05, 0.1) is 23.4 Å². The van der Waals surface area contributed by atoms with Crippen LogP contribution in [0, 0.1) is 5.82 Å². The molecule has 1 heterocycles. The molecule has 0 aliphatic carbocycles. The van der Waals surface area contributed by atoms with E-state index >= 15 is 0 Å². The van der Waals surface area contributed by atoms with Crippen LogP contribution >= 0.6 is 11.6 Å². The lowest BCUT2D eigenvalue weighted by Gasteiger charge is -2.13. The van der Waals surface area contributed by atoms with Gasteiger partial charge in [0.1, 0.15) is 5.82 Å². The van der Waals surface area contributed by atoms with Gasteiger partial charge in [-0.1, -0.05) is 17.7 Å². The van der Waals surface area contributed by atoms with Gasteiger partial charge in [-0.05, 0) is 18.6 Å². The third kappa shape index (κ3) is 3.08. The molecule has 1 atom stereocenters. The maximum absolute atomic E-state index is 13.4. The van der Waals surface area contributed by atoms with Gasteiger partial charge in [-0.3, -0.25) is 0 Å². The van der Waals surface area contributed by atoms with Crippen molar-refractivity contribution < 1.29 is 13.9 Å². The largest absolute Gasteiger partial charge is 0.379 e. The summed E-state index contributed by atoms with van der Waals surface area (Å²) >= 11 is 5.78. The van der Waals surface area contributed by atoms with Crippen molar-refractivity contribution in [2.75, 3.05) is 18.5 Å². The number of para-hydroxylation sites is 1. The lowest BCUT2D eigenvalue weighted by atomic mass is 10.2. The van der Waals surface area contributed by atoms with Gasteiger partial charge in [-0.15, -0.1) is 0 Å². The van der Waals surface area contributed by atoms with E-state index in [0.29, 0.717) is 13.2 Å². The molecule has 1 aromatic carbocycles. The molecule has 4 nitrogen and oxygen atoms in total. The number of benzene rings is 1. The Hall–Kier alpha value is -1.33. The quantitative estimate of drug-likeness (QED) is 0.856. The topological polar surface area (TPSA) is 50.4 Å². The van der Waals surface area contributed by atoms with Crippen LogP contribution in [0.2, 0.25) is 5.02 Å². The Morgan fingerprint density at radius 3 is 3.00 bits per heavy atom. The zero-order valence-electron chi connectivity index (χ0n) is 9.00. The lowest BCUT2D eigenvalue weighted by Crippen LogP contribution is -2.38. The molecule has 0 spiro atoms. The minimum absolute atomic E-state index is 0.00872. The van der Waals surface area contributed by atoms with Crippen molar-refractivity contribution in [3.8, 4) is 0 Å². The number of hydrogen-bond donors (Lipinski definition) is 2. The summed E-state index contributed by atoms with van der Waals surface area (Å²) in [4.78, 5) is 11.6. The molecule has 17 heavy (non-hydrogen) atoms. The van der Waals surface area contributed by atoms with Gasteiger partial charge in [0.15, 0.2) is 0 Å². The fourth-order valence-corrected chi connectivity index (χ4v) is 1.81. The minimum Gasteiger partial charge on any atom is -0.379 e. The molecule has 1 fully saturated rings. The number of urea groups is 1. The monoisotopic (exact) mass is 258 g/mol. The van der Waals surface area contributed by atoms with Gasteiger partial charge in [0.25, 0.3) is 0 Å². The first-order valence-electron chi connectivity index (χ1n) is 5.26. The molecule has 0 radical (unpaired) electrons. The van der Waals surface area contributed by atoms with Gasteiger partial charge in [-0.2, -0.15) is 0 Å². The Bertz CT molecular complexity index is 402. The fraction of sp³-hybridized carbons (Fsp3) is 0.364. The number of nitrogens with one attached hydrogen (secondary N) is 2. The Morgan fingerprint density at radius 2 is 2.35 bits per heavy atom. The van der Waals surface area contributed by atoms with Gasteiger partial charge in [0, 0.05) is 6.61 Å². The number of hydrogen-bond acceptors (Lipinski definition) is 2. The van der Waals surface area contributed by atoms with E-state index in [1.54, 1.807) is 0 Å². The summed E-state index contributed by atoms with van der Waals surface area (Å²) in [7, 11) is 0. The van der Waals surface area contributed by atoms with Gasteiger partial charge in [-0.25, -0.2) is 9.18 Å². The van der Waals surface area contributed by atoms with E-state index in [9.17, 15) is 9.18 Å². The average Bonchev–Trinajstić information content (AvgIpc) is 2.76. The smallest absolute Gasteiger partial charge is 0.319 e. The fourth-order valence-electron chi connectivity index (χ4n) is 1.60. The second kappa shape index (κ2) is 5.33. The summed E-state index contributed by atoms with van der Waals surface area (Å²) in [6.45, 7) is 1.11. The summed E-state index contributed by atoms with van der Waals surface area (Å²) < 4.78 is 18.5. The molecule has 6 heteroatoms. The number of rotatable bonds is 2. The predicted molar refractivity (Wildman–Crippen MR) is 62.8 cm³/mol. The molecule has 2 N–H and O–H groups in total. The van der Waals surface area contributed by atoms with Crippen LogP contribution in [0.3, 0.4) is 0 Å². The first-order chi connectivity index (χ1) is 8.16. The van der Waals surface area contributed by atoms with Crippen molar-refractivity contribution in [2.24, 2.45) is 0 Å². The number of carbonyl (C=O) groups excluding carboxylic acids is 1. The Balaban J connectivity index is 1.97. The zero-order valence-corrected chi connectivity index (χ0v) is 9.76. The van der Waals surface area contributed by atoms with Crippen LogP contribution in [0.5, 0.6) is 0 Å². The first kappa shape index (κ1) is 12.1. The van der Waals surface area contributed by atoms with Crippen molar-refractivity contribution in [1.82, 2.24) is 5.32 Å². The first-order valence-corrected chi connectivity index (χ1v) is 5.64. The molecule has 2 amide bonds. The number of ether oxygens (including phenoxy) is 1. The highest BCUT2D eigenvalue weighted by Gasteiger charge is 2.18. The molecule has 2 rings (SSSR count). The molecule has 0 bridgehead atoms. The highest BCUT2D eigenvalue weighted by atomic mass is 35.5. The second-order valence-corrected chi connectivity index (χ2v) is 4.16. The summed E-state index contributed by atoms with van der Waals surface area (Å²) in [5.41, 5.74) is -0.00872. The molecule has 1 aliphatic rings. The van der Waals surface area contributed by atoms with Crippen molar-refractivity contribution in [3.63, 3.8) is 0 Å². The van der Waals surface area contributed by atoms with E-state index in [2.05, 4.69) is 10.6 Å². The second-order valence-electron chi connectivity index (χ2n) is 3.76. The van der Waals surface area contributed by atoms with Crippen LogP contribution < -0.4 is 10.6 Å². The Labute approximate surface area is 103 Å². The zero-order chi connectivity index (χ0) is 12.3. The summed E-state index contributed by atoms with van der Waals surface area (Å²) in [5.74, 6) is -0.560. The van der Waals surface area contributed by atoms with Gasteiger partial charge < -0.3 is 15.4 Å². The van der Waals surface area contributed by atoms with E-state index in [1.807, 2.05) is 0 Å². The standard InChI is InChI=1S/C11H12ClFN2O2/c12-8-2-1-3-9(13)10(8)15-11(16)14-7-4-5-17-6-7/h1-3,7H,4-6H2,(H2,14,15,16). The summed E-state index contributed by atoms with van der Waals surface area (Å²) in [6, 6.07) is 3.72. The summed E-state index contributed by atoms with van der Waals surface area (Å²) in [5, 5.41) is 5.24. The number of anilines is 1. The van der Waals surface area contributed by atoms with Crippen LogP contribution in [0.15, 0.2) is 18.2 Å². The van der Waals surface area contributed by atoms with Crippen molar-refractivity contribution in [3.05, 3.63) is 29.0 Å². The number of amides is 2. The van der Waals surface area contributed by atoms with Crippen molar-refractivity contribution in [2.45, 2.75) is 12.5 Å². The SMILES string of the molecule is O=C(Nc1c(F)cccc1Cl)NC1CCOC1. The maximum atomic E-state index is 13.4. The molecule has 0 aromatic heterocycles. The Morgan fingerprint density at radius 1 is 1.53 bits per heavy atom. The average molecular weight is 259 g/mol. The molecule has 92 valence electrons. The normalized spacial score (nSPS) is 19.1. The van der Waals surface area contributed by atoms with Crippen LogP contribution in [0.4, 0.5) is 14.9 Å². The molecule has 1 unspecified atom stereocenters. The Kier molecular flexibility index (Phi) is 3.81. The highest BCUT2D eigenvalue weighted by Crippen LogP contribution is 2.24. The van der Waals surface area contributed by atoms with Gasteiger partial charge in [0.2, 0.25) is 0 Å². The summed E-state index contributed by atoms with van der Waals surface area (Å²) in [6.07, 6.45) is 0.762. The van der Waals surface area contributed by atoms with E-state index in [-0.39, 0.29) is 16.8 Å². The van der Waals surface area contributed by atoms with E-state index in [1.165, 1.54) is 18.2 Å². The molecule has 1 aromatic rings. The third-order valence-corrected chi connectivity index (χ3v) is 2.78. The molecular formula is C11H12ClFN2O2. The molecule has 1 aliphatic heterocycles. The predicted octanol–water partition coefficient (Wildman–Crippen LogP) is 2.39. The van der Waals surface area contributed by atoms with Crippen LogP contribution in [-0.2, 0) is 4.74 Å². The van der Waals surface area contributed by atoms with E-state index < -0.39 is 11.8 Å². The molecular weight excluding hydrogens is 247 g/mol. The van der Waals surface area contributed by atoms with Gasteiger partial charge >= 0.3 is 6.03 Å². The third-order valence-electron chi connectivity index (χ3n) is 2.47. The van der Waals surface area contributed by atoms with E-state index in [0.717, 1.165) is 6.42 Å². The number of halogens is 2. The van der Waals surface area contributed by atoms with Crippen LogP contribution in [0.25, 0.3) is 0 Å². The highest BCUT2D eigenvalue weighted by molar-refractivity contribution is 6.33. The van der Waals surface area contributed by atoms with Crippen LogP contribution in [0.1, 0.15) is 6.42 Å². The van der Waals surface area contributed by atoms with Crippen LogP contribution in [-0.4, -0.2) is 25.3 Å². The van der Waals surface area contributed by atoms with Crippen molar-refractivity contribution >= 4 is 23.3 Å². The van der Waals surface area contributed by atoms with E-state index in [4.69, 9.17) is 16.3 Å². The lowest BCUT2D eigenvalue weighted by molar-refractivity contribution is 0.189. The molecule has 1 saturated heterocycles. The van der Waals surface area contributed by atoms with Crippen molar-refractivity contribution in [1.29, 1.82) is 0 Å². The maximum Gasteiger partial charge on any atom is 0.319 e.